The highest BCUT2D eigenvalue weighted by molar-refractivity contribution is 7.15. The van der Waals surface area contributed by atoms with Crippen LogP contribution in [0.4, 0.5) is 5.13 Å². The number of carbonyl (C=O) groups excluding carboxylic acids is 2. The maximum atomic E-state index is 12.0. The molecule has 0 aromatic carbocycles. The molecule has 2 amide bonds. The molecular formula is C13H17N3O3S. The van der Waals surface area contributed by atoms with Gasteiger partial charge in [-0.05, 0) is 33.1 Å². The van der Waals surface area contributed by atoms with Crippen molar-refractivity contribution in [3.05, 3.63) is 10.6 Å². The summed E-state index contributed by atoms with van der Waals surface area (Å²) in [5.74, 6) is -0.634. The van der Waals surface area contributed by atoms with Gasteiger partial charge in [-0.1, -0.05) is 0 Å². The number of imide groups is 1. The van der Waals surface area contributed by atoms with Gasteiger partial charge in [0.15, 0.2) is 5.13 Å². The molecule has 1 atom stereocenters. The first-order valence-electron chi connectivity index (χ1n) is 6.69. The zero-order valence-corrected chi connectivity index (χ0v) is 12.3. The summed E-state index contributed by atoms with van der Waals surface area (Å²) in [5.41, 5.74) is -0.107. The summed E-state index contributed by atoms with van der Waals surface area (Å²) >= 11 is 1.47. The molecule has 2 heterocycles. The van der Waals surface area contributed by atoms with Gasteiger partial charge in [0.1, 0.15) is 12.1 Å². The predicted octanol–water partition coefficient (Wildman–Crippen LogP) is 0.754. The average Bonchev–Trinajstić information content (AvgIpc) is 2.79. The Hall–Kier alpha value is -1.47. The minimum absolute atomic E-state index is 0.112. The molecule has 0 spiro atoms. The lowest BCUT2D eigenvalue weighted by Crippen LogP contribution is -2.64. The Balaban J connectivity index is 1.99. The highest BCUT2D eigenvalue weighted by Crippen LogP contribution is 2.38. The van der Waals surface area contributed by atoms with Crippen LogP contribution in [0.5, 0.6) is 0 Å². The van der Waals surface area contributed by atoms with E-state index >= 15 is 0 Å². The van der Waals surface area contributed by atoms with Crippen LogP contribution in [-0.2, 0) is 16.0 Å². The molecule has 7 heteroatoms. The predicted molar refractivity (Wildman–Crippen MR) is 74.6 cm³/mol. The molecule has 20 heavy (non-hydrogen) atoms. The van der Waals surface area contributed by atoms with Crippen molar-refractivity contribution in [3.63, 3.8) is 0 Å². The fraction of sp³-hybridized carbons (Fsp3) is 0.615. The molecule has 1 aliphatic heterocycles. The van der Waals surface area contributed by atoms with Crippen molar-refractivity contribution in [1.29, 1.82) is 0 Å². The number of nitrogens with one attached hydrogen (secondary N) is 1. The number of aliphatic hydroxyl groups is 1. The van der Waals surface area contributed by atoms with Crippen LogP contribution in [0.15, 0.2) is 0 Å². The number of thiazole rings is 1. The van der Waals surface area contributed by atoms with Crippen LogP contribution in [0.3, 0.4) is 0 Å². The first kappa shape index (κ1) is 13.5. The van der Waals surface area contributed by atoms with Crippen molar-refractivity contribution in [2.24, 2.45) is 0 Å². The average molecular weight is 295 g/mol. The van der Waals surface area contributed by atoms with Crippen molar-refractivity contribution in [2.75, 3.05) is 11.4 Å². The Kier molecular flexibility index (Phi) is 3.06. The Morgan fingerprint density at radius 2 is 2.20 bits per heavy atom. The van der Waals surface area contributed by atoms with Gasteiger partial charge in [-0.3, -0.25) is 14.9 Å². The van der Waals surface area contributed by atoms with Gasteiger partial charge in [-0.15, -0.1) is 11.3 Å². The molecule has 2 aliphatic rings. The maximum absolute atomic E-state index is 12.0. The van der Waals surface area contributed by atoms with E-state index in [0.717, 1.165) is 24.1 Å². The number of nitrogens with zero attached hydrogens (tertiary/aromatic N) is 2. The Labute approximate surface area is 120 Å². The van der Waals surface area contributed by atoms with Crippen molar-refractivity contribution < 1.29 is 14.7 Å². The maximum Gasteiger partial charge on any atom is 0.251 e. The fourth-order valence-corrected chi connectivity index (χ4v) is 3.89. The van der Waals surface area contributed by atoms with Crippen LogP contribution in [0.1, 0.15) is 43.4 Å². The number of piperazine rings is 1. The van der Waals surface area contributed by atoms with E-state index in [1.54, 1.807) is 18.7 Å². The molecule has 0 bridgehead atoms. The van der Waals surface area contributed by atoms with Crippen LogP contribution in [0.25, 0.3) is 0 Å². The minimum atomic E-state index is -0.820. The molecule has 1 saturated heterocycles. The number of aryl methyl sites for hydroxylation is 1. The topological polar surface area (TPSA) is 82.5 Å². The molecule has 108 valence electrons. The van der Waals surface area contributed by atoms with E-state index in [9.17, 15) is 14.7 Å². The van der Waals surface area contributed by atoms with Gasteiger partial charge < -0.3 is 10.0 Å². The number of hydrogen-bond acceptors (Lipinski definition) is 6. The van der Waals surface area contributed by atoms with Gasteiger partial charge in [-0.2, -0.15) is 0 Å². The van der Waals surface area contributed by atoms with Gasteiger partial charge in [0.2, 0.25) is 5.91 Å². The summed E-state index contributed by atoms with van der Waals surface area (Å²) < 4.78 is 0. The number of anilines is 1. The van der Waals surface area contributed by atoms with E-state index in [4.69, 9.17) is 0 Å². The van der Waals surface area contributed by atoms with Gasteiger partial charge in [0.25, 0.3) is 5.91 Å². The molecule has 0 radical (unpaired) electrons. The second-order valence-corrected chi connectivity index (χ2v) is 6.80. The molecule has 0 saturated carbocycles. The van der Waals surface area contributed by atoms with Crippen molar-refractivity contribution in [1.82, 2.24) is 10.3 Å². The van der Waals surface area contributed by atoms with E-state index in [1.165, 1.54) is 11.3 Å². The largest absolute Gasteiger partial charge is 0.387 e. The zero-order chi connectivity index (χ0) is 14.5. The molecule has 1 unspecified atom stereocenters. The molecule has 1 aromatic rings. The summed E-state index contributed by atoms with van der Waals surface area (Å²) in [6.07, 6.45) is 2.04. The van der Waals surface area contributed by atoms with Gasteiger partial charge in [0, 0.05) is 4.88 Å². The van der Waals surface area contributed by atoms with E-state index in [0.29, 0.717) is 10.8 Å². The number of aliphatic hydroxyl groups excluding tert-OH is 1. The van der Waals surface area contributed by atoms with E-state index < -0.39 is 11.6 Å². The highest BCUT2D eigenvalue weighted by atomic mass is 32.1. The molecule has 1 fully saturated rings. The van der Waals surface area contributed by atoms with Crippen LogP contribution in [-0.4, -0.2) is 34.0 Å². The molecule has 3 rings (SSSR count). The third-order valence-electron chi connectivity index (χ3n) is 3.93. The number of amides is 2. The number of carbonyl (C=O) groups is 2. The molecular weight excluding hydrogens is 278 g/mol. The SMILES string of the molecule is CC1(C)C(=O)NC(=O)CN1c1nc2c(s1)CCCC2O. The summed E-state index contributed by atoms with van der Waals surface area (Å²) in [4.78, 5) is 30.8. The number of aromatic nitrogens is 1. The number of rotatable bonds is 1. The van der Waals surface area contributed by atoms with Crippen LogP contribution in [0, 0.1) is 0 Å². The van der Waals surface area contributed by atoms with Crippen LogP contribution < -0.4 is 10.2 Å². The lowest BCUT2D eigenvalue weighted by Gasteiger charge is -2.39. The van der Waals surface area contributed by atoms with E-state index in [2.05, 4.69) is 10.3 Å². The number of hydrogen-bond donors (Lipinski definition) is 2. The van der Waals surface area contributed by atoms with E-state index in [1.807, 2.05) is 0 Å². The third-order valence-corrected chi connectivity index (χ3v) is 5.08. The quantitative estimate of drug-likeness (QED) is 0.747. The first-order valence-corrected chi connectivity index (χ1v) is 7.51. The standard InChI is InChI=1S/C13H17N3O3S/c1-13(2)11(19)14-9(18)6-16(13)12-15-10-7(17)4-3-5-8(10)20-12/h7,17H,3-6H2,1-2H3,(H,14,18,19). The molecule has 2 N–H and O–H groups in total. The van der Waals surface area contributed by atoms with Crippen LogP contribution in [0.2, 0.25) is 0 Å². The molecule has 1 aliphatic carbocycles. The lowest BCUT2D eigenvalue weighted by atomic mass is 9.99. The van der Waals surface area contributed by atoms with E-state index in [-0.39, 0.29) is 18.4 Å². The molecule has 6 nitrogen and oxygen atoms in total. The van der Waals surface area contributed by atoms with Crippen LogP contribution >= 0.6 is 11.3 Å². The summed E-state index contributed by atoms with van der Waals surface area (Å²) in [5, 5.41) is 13.0. The highest BCUT2D eigenvalue weighted by Gasteiger charge is 2.43. The second kappa shape index (κ2) is 4.53. The van der Waals surface area contributed by atoms with Crippen molar-refractivity contribution >= 4 is 28.3 Å². The zero-order valence-electron chi connectivity index (χ0n) is 11.5. The minimum Gasteiger partial charge on any atom is -0.387 e. The Morgan fingerprint density at radius 1 is 1.45 bits per heavy atom. The monoisotopic (exact) mass is 295 g/mol. The van der Waals surface area contributed by atoms with Crippen molar-refractivity contribution in [2.45, 2.75) is 44.8 Å². The summed E-state index contributed by atoms with van der Waals surface area (Å²) in [7, 11) is 0. The summed E-state index contributed by atoms with van der Waals surface area (Å²) in [6, 6.07) is 0. The normalized spacial score (nSPS) is 25.4. The third kappa shape index (κ3) is 2.01. The second-order valence-electron chi connectivity index (χ2n) is 5.74. The smallest absolute Gasteiger partial charge is 0.251 e. The number of fused-ring (bicyclic) bond motifs is 1. The fourth-order valence-electron chi connectivity index (χ4n) is 2.59. The van der Waals surface area contributed by atoms with Gasteiger partial charge in [-0.25, -0.2) is 4.98 Å². The van der Waals surface area contributed by atoms with Gasteiger partial charge in [0.05, 0.1) is 11.8 Å². The molecule has 1 aromatic heterocycles. The van der Waals surface area contributed by atoms with Gasteiger partial charge >= 0.3 is 0 Å². The summed E-state index contributed by atoms with van der Waals surface area (Å²) in [6.45, 7) is 3.65. The lowest BCUT2D eigenvalue weighted by molar-refractivity contribution is -0.135. The first-order chi connectivity index (χ1) is 9.39. The Bertz CT molecular complexity index is 581. The van der Waals surface area contributed by atoms with Crippen molar-refractivity contribution in [3.8, 4) is 0 Å². The Morgan fingerprint density at radius 3 is 2.90 bits per heavy atom.